The van der Waals surface area contributed by atoms with Gasteiger partial charge in [0.2, 0.25) is 0 Å². The first-order valence-electron chi connectivity index (χ1n) is 6.15. The number of rotatable bonds is 5. The van der Waals surface area contributed by atoms with Crippen molar-refractivity contribution in [3.8, 4) is 5.75 Å². The maximum Gasteiger partial charge on any atom is 0.461 e. The van der Waals surface area contributed by atoms with Crippen LogP contribution < -0.4 is 10.5 Å². The fraction of sp³-hybridized carbons (Fsp3) is 0.200. The standard InChI is InChI=1S/C15H13F4NO/c16-14(17)15(18,19)21-12-8-4-7-11(9-12)13(20)10-5-2-1-3-6-10/h1-9,13-14H,20H2. The van der Waals surface area contributed by atoms with Gasteiger partial charge in [-0.2, -0.15) is 17.6 Å². The SMILES string of the molecule is NC(c1ccccc1)c1cccc(OC(F)(F)C(F)F)c1. The molecule has 6 heteroatoms. The van der Waals surface area contributed by atoms with E-state index in [4.69, 9.17) is 5.73 Å². The van der Waals surface area contributed by atoms with Gasteiger partial charge in [-0.3, -0.25) is 0 Å². The molecule has 0 saturated carbocycles. The third-order valence-corrected chi connectivity index (χ3v) is 2.88. The second-order valence-corrected chi connectivity index (χ2v) is 4.43. The van der Waals surface area contributed by atoms with E-state index in [9.17, 15) is 17.6 Å². The van der Waals surface area contributed by atoms with Crippen molar-refractivity contribution >= 4 is 0 Å². The highest BCUT2D eigenvalue weighted by molar-refractivity contribution is 5.36. The molecule has 1 unspecified atom stereocenters. The molecule has 0 aromatic heterocycles. The lowest BCUT2D eigenvalue weighted by Crippen LogP contribution is -2.33. The van der Waals surface area contributed by atoms with Crippen LogP contribution in [0.2, 0.25) is 0 Å². The van der Waals surface area contributed by atoms with Gasteiger partial charge in [0.25, 0.3) is 0 Å². The first kappa shape index (κ1) is 15.3. The Labute approximate surface area is 119 Å². The number of alkyl halides is 4. The summed E-state index contributed by atoms with van der Waals surface area (Å²) in [6.07, 6.45) is -8.43. The molecule has 0 amide bonds. The maximum atomic E-state index is 12.9. The topological polar surface area (TPSA) is 35.2 Å². The third kappa shape index (κ3) is 3.72. The predicted molar refractivity (Wildman–Crippen MR) is 70.5 cm³/mol. The van der Waals surface area contributed by atoms with Crippen molar-refractivity contribution < 1.29 is 22.3 Å². The van der Waals surface area contributed by atoms with Crippen molar-refractivity contribution in [3.63, 3.8) is 0 Å². The van der Waals surface area contributed by atoms with Crippen molar-refractivity contribution in [2.24, 2.45) is 5.73 Å². The van der Waals surface area contributed by atoms with Crippen molar-refractivity contribution in [1.29, 1.82) is 0 Å². The zero-order valence-electron chi connectivity index (χ0n) is 10.8. The molecule has 0 saturated heterocycles. The molecule has 2 aromatic rings. The lowest BCUT2D eigenvalue weighted by Gasteiger charge is -2.18. The smallest absolute Gasteiger partial charge is 0.428 e. The zero-order valence-corrected chi connectivity index (χ0v) is 10.8. The zero-order chi connectivity index (χ0) is 15.5. The largest absolute Gasteiger partial charge is 0.461 e. The van der Waals surface area contributed by atoms with E-state index >= 15 is 0 Å². The molecule has 0 fully saturated rings. The van der Waals surface area contributed by atoms with Crippen LogP contribution in [0.15, 0.2) is 54.6 Å². The molecule has 2 aromatic carbocycles. The van der Waals surface area contributed by atoms with Crippen LogP contribution in [0.4, 0.5) is 17.6 Å². The molecule has 0 aliphatic heterocycles. The third-order valence-electron chi connectivity index (χ3n) is 2.88. The molecular weight excluding hydrogens is 286 g/mol. The van der Waals surface area contributed by atoms with E-state index in [1.54, 1.807) is 30.3 Å². The van der Waals surface area contributed by atoms with E-state index < -0.39 is 18.6 Å². The second kappa shape index (κ2) is 6.13. The van der Waals surface area contributed by atoms with Crippen molar-refractivity contribution in [2.45, 2.75) is 18.6 Å². The highest BCUT2D eigenvalue weighted by Gasteiger charge is 2.44. The summed E-state index contributed by atoms with van der Waals surface area (Å²) in [7, 11) is 0. The van der Waals surface area contributed by atoms with Crippen LogP contribution in [-0.2, 0) is 0 Å². The number of ether oxygens (including phenoxy) is 1. The molecule has 0 radical (unpaired) electrons. The number of hydrogen-bond donors (Lipinski definition) is 1. The Morgan fingerprint density at radius 1 is 0.905 bits per heavy atom. The van der Waals surface area contributed by atoms with E-state index in [0.717, 1.165) is 5.56 Å². The summed E-state index contributed by atoms with van der Waals surface area (Å²) in [5, 5.41) is 0. The fourth-order valence-corrected chi connectivity index (χ4v) is 1.83. The van der Waals surface area contributed by atoms with Crippen LogP contribution in [-0.4, -0.2) is 12.5 Å². The van der Waals surface area contributed by atoms with Crippen LogP contribution in [0.25, 0.3) is 0 Å². The minimum atomic E-state index is -4.53. The molecule has 0 bridgehead atoms. The molecule has 21 heavy (non-hydrogen) atoms. The summed E-state index contributed by atoms with van der Waals surface area (Å²) in [6, 6.07) is 13.9. The van der Waals surface area contributed by atoms with Gasteiger partial charge in [-0.25, -0.2) is 0 Å². The van der Waals surface area contributed by atoms with Crippen LogP contribution in [0, 0.1) is 0 Å². The Morgan fingerprint density at radius 2 is 1.52 bits per heavy atom. The van der Waals surface area contributed by atoms with Gasteiger partial charge < -0.3 is 10.5 Å². The summed E-state index contributed by atoms with van der Waals surface area (Å²) < 4.78 is 54.1. The normalized spacial score (nSPS) is 13.2. The lowest BCUT2D eigenvalue weighted by molar-refractivity contribution is -0.253. The van der Waals surface area contributed by atoms with Gasteiger partial charge in [-0.15, -0.1) is 0 Å². The molecule has 0 spiro atoms. The average molecular weight is 299 g/mol. The van der Waals surface area contributed by atoms with Crippen LogP contribution in [0.3, 0.4) is 0 Å². The van der Waals surface area contributed by atoms with Crippen molar-refractivity contribution in [3.05, 3.63) is 65.7 Å². The highest BCUT2D eigenvalue weighted by Crippen LogP contribution is 2.29. The Hall–Kier alpha value is -2.08. The molecule has 0 aliphatic carbocycles. The summed E-state index contributed by atoms with van der Waals surface area (Å²) in [5.74, 6) is -0.357. The fourth-order valence-electron chi connectivity index (χ4n) is 1.83. The Morgan fingerprint density at radius 3 is 2.14 bits per heavy atom. The molecule has 2 nitrogen and oxygen atoms in total. The molecule has 1 atom stereocenters. The first-order valence-corrected chi connectivity index (χ1v) is 6.15. The van der Waals surface area contributed by atoms with Gasteiger partial charge in [0.1, 0.15) is 5.75 Å². The van der Waals surface area contributed by atoms with Gasteiger partial charge in [-0.1, -0.05) is 42.5 Å². The summed E-state index contributed by atoms with van der Waals surface area (Å²) in [4.78, 5) is 0. The molecular formula is C15H13F4NO. The molecule has 0 heterocycles. The summed E-state index contributed by atoms with van der Waals surface area (Å²) >= 11 is 0. The van der Waals surface area contributed by atoms with E-state index in [2.05, 4.69) is 4.74 Å². The Balaban J connectivity index is 2.22. The summed E-state index contributed by atoms with van der Waals surface area (Å²) in [6.45, 7) is 0. The molecule has 112 valence electrons. The van der Waals surface area contributed by atoms with Crippen LogP contribution in [0.1, 0.15) is 17.2 Å². The number of hydrogen-bond acceptors (Lipinski definition) is 2. The lowest BCUT2D eigenvalue weighted by atomic mass is 10.00. The maximum absolute atomic E-state index is 12.9. The van der Waals surface area contributed by atoms with E-state index in [-0.39, 0.29) is 5.75 Å². The summed E-state index contributed by atoms with van der Waals surface area (Å²) in [5.41, 5.74) is 7.28. The van der Waals surface area contributed by atoms with Gasteiger partial charge in [0.05, 0.1) is 6.04 Å². The highest BCUT2D eigenvalue weighted by atomic mass is 19.3. The average Bonchev–Trinajstić information content (AvgIpc) is 2.47. The van der Waals surface area contributed by atoms with E-state index in [1.165, 1.54) is 18.2 Å². The number of benzene rings is 2. The van der Waals surface area contributed by atoms with Crippen molar-refractivity contribution in [2.75, 3.05) is 0 Å². The molecule has 0 aliphatic rings. The minimum Gasteiger partial charge on any atom is -0.428 e. The predicted octanol–water partition coefficient (Wildman–Crippen LogP) is 3.97. The van der Waals surface area contributed by atoms with E-state index in [1.807, 2.05) is 6.07 Å². The number of nitrogens with two attached hydrogens (primary N) is 1. The second-order valence-electron chi connectivity index (χ2n) is 4.43. The van der Waals surface area contributed by atoms with Gasteiger partial charge in [-0.05, 0) is 23.3 Å². The first-order chi connectivity index (χ1) is 9.90. The van der Waals surface area contributed by atoms with Crippen molar-refractivity contribution in [1.82, 2.24) is 0 Å². The minimum absolute atomic E-state index is 0.357. The molecule has 2 rings (SSSR count). The molecule has 2 N–H and O–H groups in total. The van der Waals surface area contributed by atoms with E-state index in [0.29, 0.717) is 5.56 Å². The van der Waals surface area contributed by atoms with Gasteiger partial charge in [0, 0.05) is 0 Å². The number of halogens is 4. The monoisotopic (exact) mass is 299 g/mol. The Kier molecular flexibility index (Phi) is 4.47. The van der Waals surface area contributed by atoms with Crippen LogP contribution in [0.5, 0.6) is 5.75 Å². The van der Waals surface area contributed by atoms with Gasteiger partial charge in [0.15, 0.2) is 0 Å². The quantitative estimate of drug-likeness (QED) is 0.848. The van der Waals surface area contributed by atoms with Gasteiger partial charge >= 0.3 is 12.5 Å². The Bertz CT molecular complexity index is 589. The van der Waals surface area contributed by atoms with Crippen LogP contribution >= 0.6 is 0 Å².